The monoisotopic (exact) mass is 414 g/mol. The van der Waals surface area contributed by atoms with Crippen LogP contribution in [0.1, 0.15) is 43.6 Å². The Morgan fingerprint density at radius 2 is 1.93 bits per heavy atom. The van der Waals surface area contributed by atoms with Crippen LogP contribution < -0.4 is 10.3 Å². The van der Waals surface area contributed by atoms with Gasteiger partial charge in [0.1, 0.15) is 10.6 Å². The van der Waals surface area contributed by atoms with Crippen LogP contribution in [0.5, 0.6) is 5.75 Å². The van der Waals surface area contributed by atoms with Crippen molar-refractivity contribution in [2.45, 2.75) is 51.1 Å². The van der Waals surface area contributed by atoms with E-state index in [-0.39, 0.29) is 5.56 Å². The van der Waals surface area contributed by atoms with E-state index in [1.807, 2.05) is 24.3 Å². The first-order valence-corrected chi connectivity index (χ1v) is 11.7. The van der Waals surface area contributed by atoms with Crippen molar-refractivity contribution in [2.75, 3.05) is 12.9 Å². The summed E-state index contributed by atoms with van der Waals surface area (Å²) < 4.78 is 7.08. The molecule has 0 atom stereocenters. The highest BCUT2D eigenvalue weighted by Crippen LogP contribution is 2.35. The molecule has 0 bridgehead atoms. The minimum Gasteiger partial charge on any atom is -0.497 e. The summed E-state index contributed by atoms with van der Waals surface area (Å²) in [5.41, 5.74) is 2.17. The highest BCUT2D eigenvalue weighted by molar-refractivity contribution is 7.99. The maximum absolute atomic E-state index is 13.7. The number of nitrogens with zero attached hydrogens (tertiary/aromatic N) is 2. The molecular formula is C22H26N2O2S2. The molecule has 0 amide bonds. The lowest BCUT2D eigenvalue weighted by Crippen LogP contribution is -2.22. The van der Waals surface area contributed by atoms with Gasteiger partial charge in [0.2, 0.25) is 0 Å². The molecule has 2 heterocycles. The van der Waals surface area contributed by atoms with Crippen molar-refractivity contribution >= 4 is 33.3 Å². The number of rotatable bonds is 5. The van der Waals surface area contributed by atoms with Gasteiger partial charge in [-0.1, -0.05) is 32.0 Å². The third-order valence-electron chi connectivity index (χ3n) is 5.08. The number of methoxy groups -OCH3 is 1. The Morgan fingerprint density at radius 1 is 1.18 bits per heavy atom. The zero-order chi connectivity index (χ0) is 19.7. The van der Waals surface area contributed by atoms with E-state index in [0.29, 0.717) is 5.92 Å². The summed E-state index contributed by atoms with van der Waals surface area (Å²) in [4.78, 5) is 20.9. The molecule has 28 heavy (non-hydrogen) atoms. The van der Waals surface area contributed by atoms with Gasteiger partial charge in [-0.15, -0.1) is 11.3 Å². The standard InChI is InChI=1S/C22H26N2O2S2/c1-14(2)13-27-22-23-20-19(17-7-5-4-6-8-18(17)28-20)21(25)24(22)15-9-11-16(26-3)12-10-15/h9-12,14H,4-8,13H2,1-3H3. The highest BCUT2D eigenvalue weighted by atomic mass is 32.2. The molecule has 0 N–H and O–H groups in total. The minimum atomic E-state index is 0.0702. The Balaban J connectivity index is 1.92. The van der Waals surface area contributed by atoms with Crippen molar-refractivity contribution in [3.8, 4) is 11.4 Å². The summed E-state index contributed by atoms with van der Waals surface area (Å²) in [6.45, 7) is 4.38. The summed E-state index contributed by atoms with van der Waals surface area (Å²) in [6, 6.07) is 7.68. The smallest absolute Gasteiger partial charge is 0.267 e. The van der Waals surface area contributed by atoms with Crippen LogP contribution >= 0.6 is 23.1 Å². The molecular weight excluding hydrogens is 388 g/mol. The van der Waals surface area contributed by atoms with E-state index < -0.39 is 0 Å². The molecule has 6 heteroatoms. The zero-order valence-electron chi connectivity index (χ0n) is 16.7. The van der Waals surface area contributed by atoms with Crippen molar-refractivity contribution in [1.82, 2.24) is 9.55 Å². The number of thiophene rings is 1. The first kappa shape index (κ1) is 19.5. The number of hydrogen-bond acceptors (Lipinski definition) is 5. The average Bonchev–Trinajstić information content (AvgIpc) is 2.88. The molecule has 0 unspecified atom stereocenters. The van der Waals surface area contributed by atoms with Crippen LogP contribution in [0.25, 0.3) is 15.9 Å². The predicted molar refractivity (Wildman–Crippen MR) is 119 cm³/mol. The minimum absolute atomic E-state index is 0.0702. The summed E-state index contributed by atoms with van der Waals surface area (Å²) in [5, 5.41) is 1.62. The molecule has 4 rings (SSSR count). The van der Waals surface area contributed by atoms with Crippen molar-refractivity contribution in [3.05, 3.63) is 45.1 Å². The third-order valence-corrected chi connectivity index (χ3v) is 7.64. The zero-order valence-corrected chi connectivity index (χ0v) is 18.3. The van der Waals surface area contributed by atoms with Gasteiger partial charge in [-0.2, -0.15) is 0 Å². The molecule has 4 nitrogen and oxygen atoms in total. The van der Waals surface area contributed by atoms with E-state index in [0.717, 1.165) is 51.8 Å². The fourth-order valence-electron chi connectivity index (χ4n) is 3.66. The Hall–Kier alpha value is -1.79. The molecule has 3 aromatic rings. The van der Waals surface area contributed by atoms with E-state index >= 15 is 0 Å². The van der Waals surface area contributed by atoms with E-state index in [9.17, 15) is 4.79 Å². The normalized spacial score (nSPS) is 14.3. The molecule has 0 saturated heterocycles. The third kappa shape index (κ3) is 3.72. The lowest BCUT2D eigenvalue weighted by atomic mass is 10.1. The lowest BCUT2D eigenvalue weighted by Gasteiger charge is -2.14. The van der Waals surface area contributed by atoms with Crippen LogP contribution in [-0.4, -0.2) is 22.4 Å². The second-order valence-corrected chi connectivity index (χ2v) is 9.75. The Bertz CT molecular complexity index is 1040. The summed E-state index contributed by atoms with van der Waals surface area (Å²) in [6.07, 6.45) is 5.68. The number of hydrogen-bond donors (Lipinski definition) is 0. The van der Waals surface area contributed by atoms with Crippen LogP contribution in [-0.2, 0) is 12.8 Å². The van der Waals surface area contributed by atoms with E-state index in [4.69, 9.17) is 9.72 Å². The Labute approximate surface area is 174 Å². The molecule has 0 radical (unpaired) electrons. The van der Waals surface area contributed by atoms with Crippen LogP contribution in [0.3, 0.4) is 0 Å². The molecule has 0 spiro atoms. The van der Waals surface area contributed by atoms with Gasteiger partial charge in [0.05, 0.1) is 18.2 Å². The summed E-state index contributed by atoms with van der Waals surface area (Å²) in [7, 11) is 1.65. The fraction of sp³-hybridized carbons (Fsp3) is 0.455. The lowest BCUT2D eigenvalue weighted by molar-refractivity contribution is 0.414. The molecule has 1 aromatic carbocycles. The first-order chi connectivity index (χ1) is 13.6. The van der Waals surface area contributed by atoms with Gasteiger partial charge in [0.15, 0.2) is 5.16 Å². The number of aromatic nitrogens is 2. The first-order valence-electron chi connectivity index (χ1n) is 9.93. The van der Waals surface area contributed by atoms with Gasteiger partial charge in [-0.25, -0.2) is 4.98 Å². The van der Waals surface area contributed by atoms with E-state index in [2.05, 4.69) is 13.8 Å². The largest absolute Gasteiger partial charge is 0.497 e. The quantitative estimate of drug-likeness (QED) is 0.315. The summed E-state index contributed by atoms with van der Waals surface area (Å²) in [5.74, 6) is 2.24. The molecule has 0 fully saturated rings. The molecule has 2 aromatic heterocycles. The van der Waals surface area contributed by atoms with Crippen molar-refractivity contribution in [1.29, 1.82) is 0 Å². The van der Waals surface area contributed by atoms with Crippen LogP contribution in [0.4, 0.5) is 0 Å². The number of thioether (sulfide) groups is 1. The Morgan fingerprint density at radius 3 is 2.64 bits per heavy atom. The molecule has 0 saturated carbocycles. The van der Waals surface area contributed by atoms with Crippen LogP contribution in [0, 0.1) is 5.92 Å². The van der Waals surface area contributed by atoms with Gasteiger partial charge in [-0.05, 0) is 61.4 Å². The molecule has 1 aliphatic rings. The van der Waals surface area contributed by atoms with Crippen molar-refractivity contribution in [3.63, 3.8) is 0 Å². The Kier molecular flexibility index (Phi) is 5.78. The second-order valence-electron chi connectivity index (χ2n) is 7.68. The van der Waals surface area contributed by atoms with E-state index in [1.54, 1.807) is 34.8 Å². The molecule has 148 valence electrons. The number of fused-ring (bicyclic) bond motifs is 3. The number of ether oxygens (including phenoxy) is 1. The maximum atomic E-state index is 13.7. The van der Waals surface area contributed by atoms with Gasteiger partial charge in [-0.3, -0.25) is 9.36 Å². The maximum Gasteiger partial charge on any atom is 0.267 e. The second kappa shape index (κ2) is 8.29. The van der Waals surface area contributed by atoms with Gasteiger partial charge in [0, 0.05) is 10.6 Å². The van der Waals surface area contributed by atoms with Crippen LogP contribution in [0.15, 0.2) is 34.2 Å². The number of aryl methyl sites for hydroxylation is 2. The fourth-order valence-corrected chi connectivity index (χ4v) is 5.93. The topological polar surface area (TPSA) is 44.1 Å². The highest BCUT2D eigenvalue weighted by Gasteiger charge is 2.22. The number of benzene rings is 1. The SMILES string of the molecule is COc1ccc(-n2c(SCC(C)C)nc3sc4c(c3c2=O)CCCCC4)cc1. The van der Waals surface area contributed by atoms with Gasteiger partial charge in [0.25, 0.3) is 5.56 Å². The van der Waals surface area contributed by atoms with E-state index in [1.165, 1.54) is 23.3 Å². The van der Waals surface area contributed by atoms with Crippen molar-refractivity contribution in [2.24, 2.45) is 5.92 Å². The van der Waals surface area contributed by atoms with Crippen molar-refractivity contribution < 1.29 is 4.74 Å². The molecule has 0 aliphatic heterocycles. The average molecular weight is 415 g/mol. The van der Waals surface area contributed by atoms with Gasteiger partial charge < -0.3 is 4.74 Å². The van der Waals surface area contributed by atoms with Gasteiger partial charge >= 0.3 is 0 Å². The summed E-state index contributed by atoms with van der Waals surface area (Å²) >= 11 is 3.39. The van der Waals surface area contributed by atoms with Crippen LogP contribution in [0.2, 0.25) is 0 Å². The molecule has 1 aliphatic carbocycles. The predicted octanol–water partition coefficient (Wildman–Crippen LogP) is 5.47.